The molecule has 2 aromatic rings. The van der Waals surface area contributed by atoms with Crippen molar-refractivity contribution in [3.63, 3.8) is 0 Å². The Morgan fingerprint density at radius 1 is 1.37 bits per heavy atom. The lowest BCUT2D eigenvalue weighted by Crippen LogP contribution is -2.10. The van der Waals surface area contributed by atoms with Crippen LogP contribution in [-0.4, -0.2) is 14.5 Å². The zero-order valence-corrected chi connectivity index (χ0v) is 11.9. The summed E-state index contributed by atoms with van der Waals surface area (Å²) in [5, 5.41) is 0. The van der Waals surface area contributed by atoms with Crippen molar-refractivity contribution >= 4 is 5.82 Å². The van der Waals surface area contributed by atoms with E-state index >= 15 is 0 Å². The zero-order valence-electron chi connectivity index (χ0n) is 11.9. The van der Waals surface area contributed by atoms with Gasteiger partial charge in [0.2, 0.25) is 0 Å². The summed E-state index contributed by atoms with van der Waals surface area (Å²) in [5.41, 5.74) is 7.95. The maximum Gasteiger partial charge on any atom is 0.132 e. The van der Waals surface area contributed by atoms with E-state index in [0.717, 1.165) is 17.7 Å². The highest BCUT2D eigenvalue weighted by Gasteiger charge is 2.15. The van der Waals surface area contributed by atoms with Gasteiger partial charge in [0.05, 0.1) is 18.2 Å². The SMILES string of the molecule is CCC(C)CC(C)n1cncc1-c1cccnc1N. The van der Waals surface area contributed by atoms with Gasteiger partial charge < -0.3 is 10.3 Å². The number of pyridine rings is 1. The molecule has 2 N–H and O–H groups in total. The summed E-state index contributed by atoms with van der Waals surface area (Å²) in [6.07, 6.45) is 7.79. The van der Waals surface area contributed by atoms with Gasteiger partial charge in [-0.05, 0) is 31.4 Å². The maximum atomic E-state index is 5.96. The summed E-state index contributed by atoms with van der Waals surface area (Å²) in [7, 11) is 0. The smallest absolute Gasteiger partial charge is 0.132 e. The first kappa shape index (κ1) is 13.6. The highest BCUT2D eigenvalue weighted by Crippen LogP contribution is 2.28. The topological polar surface area (TPSA) is 56.7 Å². The van der Waals surface area contributed by atoms with Crippen LogP contribution in [0.3, 0.4) is 0 Å². The van der Waals surface area contributed by atoms with Gasteiger partial charge in [0.25, 0.3) is 0 Å². The standard InChI is InChI=1S/C15H22N4/c1-4-11(2)8-12(3)19-10-17-9-14(19)13-6-5-7-18-15(13)16/h5-7,9-12H,4,8H2,1-3H3,(H2,16,18). The fourth-order valence-corrected chi connectivity index (χ4v) is 2.36. The number of nitrogens with two attached hydrogens (primary N) is 1. The van der Waals surface area contributed by atoms with Gasteiger partial charge >= 0.3 is 0 Å². The minimum absolute atomic E-state index is 0.409. The maximum absolute atomic E-state index is 5.96. The predicted octanol–water partition coefficient (Wildman–Crippen LogP) is 3.52. The Labute approximate surface area is 114 Å². The quantitative estimate of drug-likeness (QED) is 0.892. The molecule has 0 amide bonds. The lowest BCUT2D eigenvalue weighted by Gasteiger charge is -2.20. The van der Waals surface area contributed by atoms with Crippen molar-refractivity contribution in [3.8, 4) is 11.3 Å². The van der Waals surface area contributed by atoms with Crippen molar-refractivity contribution in [2.75, 3.05) is 5.73 Å². The number of anilines is 1. The van der Waals surface area contributed by atoms with Crippen molar-refractivity contribution in [1.29, 1.82) is 0 Å². The second-order valence-electron chi connectivity index (χ2n) is 5.22. The summed E-state index contributed by atoms with van der Waals surface area (Å²) >= 11 is 0. The van der Waals surface area contributed by atoms with Crippen molar-refractivity contribution < 1.29 is 0 Å². The Hall–Kier alpha value is -1.84. The molecule has 102 valence electrons. The molecule has 0 aliphatic carbocycles. The average molecular weight is 258 g/mol. The second-order valence-corrected chi connectivity index (χ2v) is 5.22. The zero-order chi connectivity index (χ0) is 13.8. The van der Waals surface area contributed by atoms with Crippen LogP contribution in [0.4, 0.5) is 5.82 Å². The Balaban J connectivity index is 2.30. The van der Waals surface area contributed by atoms with Gasteiger partial charge in [0, 0.05) is 17.8 Å². The minimum atomic E-state index is 0.409. The van der Waals surface area contributed by atoms with Gasteiger partial charge in [-0.25, -0.2) is 9.97 Å². The third-order valence-electron chi connectivity index (χ3n) is 3.70. The Bertz CT molecular complexity index is 532. The molecular formula is C15H22N4. The van der Waals surface area contributed by atoms with E-state index in [2.05, 4.69) is 35.3 Å². The summed E-state index contributed by atoms with van der Waals surface area (Å²) in [5.74, 6) is 1.26. The van der Waals surface area contributed by atoms with Crippen LogP contribution in [0.15, 0.2) is 30.9 Å². The van der Waals surface area contributed by atoms with E-state index in [-0.39, 0.29) is 0 Å². The predicted molar refractivity (Wildman–Crippen MR) is 78.7 cm³/mol. The molecule has 0 fully saturated rings. The van der Waals surface area contributed by atoms with E-state index in [1.165, 1.54) is 6.42 Å². The Morgan fingerprint density at radius 3 is 2.84 bits per heavy atom. The molecular weight excluding hydrogens is 236 g/mol. The fourth-order valence-electron chi connectivity index (χ4n) is 2.36. The molecule has 0 bridgehead atoms. The highest BCUT2D eigenvalue weighted by molar-refractivity contribution is 5.70. The van der Waals surface area contributed by atoms with Crippen LogP contribution >= 0.6 is 0 Å². The van der Waals surface area contributed by atoms with Crippen LogP contribution in [0.2, 0.25) is 0 Å². The normalized spacial score (nSPS) is 14.3. The summed E-state index contributed by atoms with van der Waals surface area (Å²) in [4.78, 5) is 8.42. The first-order chi connectivity index (χ1) is 9.13. The monoisotopic (exact) mass is 258 g/mol. The van der Waals surface area contributed by atoms with Gasteiger partial charge in [0.1, 0.15) is 5.82 Å². The fraction of sp³-hybridized carbons (Fsp3) is 0.467. The summed E-state index contributed by atoms with van der Waals surface area (Å²) in [6, 6.07) is 4.31. The number of hydrogen-bond donors (Lipinski definition) is 1. The van der Waals surface area contributed by atoms with Crippen molar-refractivity contribution in [2.24, 2.45) is 5.92 Å². The number of aromatic nitrogens is 3. The average Bonchev–Trinajstić information content (AvgIpc) is 2.88. The van der Waals surface area contributed by atoms with Crippen molar-refractivity contribution in [1.82, 2.24) is 14.5 Å². The molecule has 0 saturated heterocycles. The first-order valence-corrected chi connectivity index (χ1v) is 6.86. The molecule has 2 atom stereocenters. The van der Waals surface area contributed by atoms with E-state index in [0.29, 0.717) is 17.8 Å². The van der Waals surface area contributed by atoms with Crippen LogP contribution in [0, 0.1) is 5.92 Å². The molecule has 2 aromatic heterocycles. The summed E-state index contributed by atoms with van der Waals surface area (Å²) < 4.78 is 2.19. The highest BCUT2D eigenvalue weighted by atomic mass is 15.1. The molecule has 2 rings (SSSR count). The van der Waals surface area contributed by atoms with Crippen LogP contribution in [0.1, 0.15) is 39.7 Å². The van der Waals surface area contributed by atoms with Crippen LogP contribution in [0.5, 0.6) is 0 Å². The van der Waals surface area contributed by atoms with Crippen molar-refractivity contribution in [3.05, 3.63) is 30.9 Å². The molecule has 0 spiro atoms. The number of nitrogens with zero attached hydrogens (tertiary/aromatic N) is 3. The third-order valence-corrected chi connectivity index (χ3v) is 3.70. The molecule has 0 aromatic carbocycles. The molecule has 19 heavy (non-hydrogen) atoms. The molecule has 2 unspecified atom stereocenters. The van der Waals surface area contributed by atoms with Crippen LogP contribution in [-0.2, 0) is 0 Å². The van der Waals surface area contributed by atoms with Crippen molar-refractivity contribution in [2.45, 2.75) is 39.7 Å². The molecule has 0 saturated carbocycles. The summed E-state index contributed by atoms with van der Waals surface area (Å²) in [6.45, 7) is 6.74. The number of nitrogen functional groups attached to an aromatic ring is 1. The lowest BCUT2D eigenvalue weighted by molar-refractivity contribution is 0.400. The number of imidazole rings is 1. The second kappa shape index (κ2) is 5.87. The van der Waals surface area contributed by atoms with E-state index in [1.807, 2.05) is 24.7 Å². The van der Waals surface area contributed by atoms with Gasteiger partial charge in [-0.1, -0.05) is 20.3 Å². The number of rotatable bonds is 5. The molecule has 4 nitrogen and oxygen atoms in total. The van der Waals surface area contributed by atoms with E-state index < -0.39 is 0 Å². The minimum Gasteiger partial charge on any atom is -0.383 e. The largest absolute Gasteiger partial charge is 0.383 e. The van der Waals surface area contributed by atoms with Gasteiger partial charge in [0.15, 0.2) is 0 Å². The van der Waals surface area contributed by atoms with Gasteiger partial charge in [-0.3, -0.25) is 0 Å². The van der Waals surface area contributed by atoms with Crippen LogP contribution < -0.4 is 5.73 Å². The van der Waals surface area contributed by atoms with Crippen LogP contribution in [0.25, 0.3) is 11.3 Å². The lowest BCUT2D eigenvalue weighted by atomic mass is 10.00. The molecule has 4 heteroatoms. The van der Waals surface area contributed by atoms with E-state index in [1.54, 1.807) is 6.20 Å². The van der Waals surface area contributed by atoms with Gasteiger partial charge in [-0.15, -0.1) is 0 Å². The third kappa shape index (κ3) is 2.95. The van der Waals surface area contributed by atoms with E-state index in [9.17, 15) is 0 Å². The molecule has 0 aliphatic heterocycles. The van der Waals surface area contributed by atoms with E-state index in [4.69, 9.17) is 5.73 Å². The Kier molecular flexibility index (Phi) is 4.20. The first-order valence-electron chi connectivity index (χ1n) is 6.86. The van der Waals surface area contributed by atoms with Gasteiger partial charge in [-0.2, -0.15) is 0 Å². The molecule has 0 radical (unpaired) electrons. The molecule has 0 aliphatic rings. The number of hydrogen-bond acceptors (Lipinski definition) is 3. The molecule has 2 heterocycles. The Morgan fingerprint density at radius 2 is 2.16 bits per heavy atom.